The normalized spacial score (nSPS) is 28.2. The minimum Gasteiger partial charge on any atom is -0.387 e. The molecule has 2 heteroatoms. The maximum atomic E-state index is 6.15. The molecule has 0 atom stereocenters. The van der Waals surface area contributed by atoms with Crippen LogP contribution in [-0.2, 0) is 0 Å². The first-order valence-corrected chi connectivity index (χ1v) is 6.55. The summed E-state index contributed by atoms with van der Waals surface area (Å²) in [7, 11) is 0. The quantitative estimate of drug-likeness (QED) is 0.549. The van der Waals surface area contributed by atoms with Crippen molar-refractivity contribution in [3.63, 3.8) is 0 Å². The van der Waals surface area contributed by atoms with Gasteiger partial charge in [-0.25, -0.2) is 0 Å². The van der Waals surface area contributed by atoms with Crippen molar-refractivity contribution in [3.05, 3.63) is 0 Å². The van der Waals surface area contributed by atoms with E-state index in [1.165, 1.54) is 57.8 Å². The third-order valence-corrected chi connectivity index (χ3v) is 4.10. The number of nitrogens with two attached hydrogens (primary N) is 1. The first-order chi connectivity index (χ1) is 7.20. The second-order valence-electron chi connectivity index (χ2n) is 5.58. The van der Waals surface area contributed by atoms with Crippen molar-refractivity contribution >= 4 is 5.84 Å². The van der Waals surface area contributed by atoms with Gasteiger partial charge in [-0.15, -0.1) is 0 Å². The number of aliphatic imine (C=N–C) groups is 1. The Morgan fingerprint density at radius 3 is 2.27 bits per heavy atom. The molecule has 0 aromatic carbocycles. The molecule has 2 rings (SSSR count). The molecule has 0 saturated heterocycles. The molecule has 2 N–H and O–H groups in total. The highest BCUT2D eigenvalue weighted by Crippen LogP contribution is 2.33. The van der Waals surface area contributed by atoms with E-state index in [1.54, 1.807) is 0 Å². The molecule has 0 spiro atoms. The van der Waals surface area contributed by atoms with E-state index in [4.69, 9.17) is 10.7 Å². The van der Waals surface area contributed by atoms with Crippen LogP contribution in [0.15, 0.2) is 4.99 Å². The fourth-order valence-electron chi connectivity index (χ4n) is 3.05. The Kier molecular flexibility index (Phi) is 3.32. The van der Waals surface area contributed by atoms with Crippen molar-refractivity contribution in [1.29, 1.82) is 0 Å². The summed E-state index contributed by atoms with van der Waals surface area (Å²) in [4.78, 5) is 4.84. The van der Waals surface area contributed by atoms with Crippen LogP contribution >= 0.6 is 0 Å². The molecule has 0 bridgehead atoms. The van der Waals surface area contributed by atoms with E-state index in [2.05, 4.69) is 6.92 Å². The van der Waals surface area contributed by atoms with Crippen LogP contribution < -0.4 is 5.73 Å². The third-order valence-electron chi connectivity index (χ3n) is 4.10. The van der Waals surface area contributed by atoms with Gasteiger partial charge in [0.2, 0.25) is 0 Å². The predicted octanol–water partition coefficient (Wildman–Crippen LogP) is 3.26. The zero-order valence-corrected chi connectivity index (χ0v) is 9.97. The molecule has 2 nitrogen and oxygen atoms in total. The summed E-state index contributed by atoms with van der Waals surface area (Å²) in [6.45, 7) is 2.29. The van der Waals surface area contributed by atoms with Crippen LogP contribution in [0.3, 0.4) is 0 Å². The maximum absolute atomic E-state index is 6.15. The van der Waals surface area contributed by atoms with Gasteiger partial charge in [-0.3, -0.25) is 4.99 Å². The SMILES string of the molecule is CC1(N=C(N)C2CCCC2)CCCCC1. The van der Waals surface area contributed by atoms with Crippen LogP contribution in [-0.4, -0.2) is 11.4 Å². The van der Waals surface area contributed by atoms with Gasteiger partial charge < -0.3 is 5.73 Å². The molecular weight excluding hydrogens is 184 g/mol. The van der Waals surface area contributed by atoms with Crippen LogP contribution in [0.5, 0.6) is 0 Å². The average Bonchev–Trinajstić information content (AvgIpc) is 2.70. The lowest BCUT2D eigenvalue weighted by Gasteiger charge is -2.30. The summed E-state index contributed by atoms with van der Waals surface area (Å²) >= 11 is 0. The minimum absolute atomic E-state index is 0.172. The Hall–Kier alpha value is -0.530. The monoisotopic (exact) mass is 208 g/mol. The molecule has 2 fully saturated rings. The van der Waals surface area contributed by atoms with Crippen LogP contribution in [0.2, 0.25) is 0 Å². The molecule has 86 valence electrons. The highest BCUT2D eigenvalue weighted by atomic mass is 14.9. The Labute approximate surface area is 93.3 Å². The smallest absolute Gasteiger partial charge is 0.0975 e. The number of hydrogen-bond acceptors (Lipinski definition) is 1. The number of hydrogen-bond donors (Lipinski definition) is 1. The van der Waals surface area contributed by atoms with Crippen molar-refractivity contribution in [2.24, 2.45) is 16.6 Å². The molecule has 0 aliphatic heterocycles. The minimum atomic E-state index is 0.172. The molecule has 0 radical (unpaired) electrons. The van der Waals surface area contributed by atoms with Gasteiger partial charge in [0, 0.05) is 5.92 Å². The van der Waals surface area contributed by atoms with E-state index in [9.17, 15) is 0 Å². The Balaban J connectivity index is 1.99. The Bertz CT molecular complexity index is 233. The van der Waals surface area contributed by atoms with Crippen molar-refractivity contribution in [2.75, 3.05) is 0 Å². The number of rotatable bonds is 2. The molecule has 0 aromatic heterocycles. The first-order valence-electron chi connectivity index (χ1n) is 6.55. The Morgan fingerprint density at radius 1 is 1.07 bits per heavy atom. The van der Waals surface area contributed by atoms with Crippen LogP contribution in [0.1, 0.15) is 64.7 Å². The molecule has 0 heterocycles. The summed E-state index contributed by atoms with van der Waals surface area (Å²) in [5.74, 6) is 1.56. The van der Waals surface area contributed by atoms with Gasteiger partial charge in [0.15, 0.2) is 0 Å². The second kappa shape index (κ2) is 4.54. The van der Waals surface area contributed by atoms with Gasteiger partial charge in [-0.05, 0) is 32.6 Å². The van der Waals surface area contributed by atoms with Crippen LogP contribution in [0.4, 0.5) is 0 Å². The summed E-state index contributed by atoms with van der Waals surface area (Å²) < 4.78 is 0. The summed E-state index contributed by atoms with van der Waals surface area (Å²) in [5.41, 5.74) is 6.32. The summed E-state index contributed by atoms with van der Waals surface area (Å²) in [6.07, 6.45) is 11.7. The van der Waals surface area contributed by atoms with Gasteiger partial charge in [0.05, 0.1) is 11.4 Å². The van der Waals surface area contributed by atoms with Crippen molar-refractivity contribution in [1.82, 2.24) is 0 Å². The fraction of sp³-hybridized carbons (Fsp3) is 0.923. The Morgan fingerprint density at radius 2 is 1.67 bits per heavy atom. The van der Waals surface area contributed by atoms with Crippen LogP contribution in [0.25, 0.3) is 0 Å². The van der Waals surface area contributed by atoms with Gasteiger partial charge in [-0.1, -0.05) is 32.1 Å². The van der Waals surface area contributed by atoms with Gasteiger partial charge in [-0.2, -0.15) is 0 Å². The molecular formula is C13H24N2. The highest BCUT2D eigenvalue weighted by molar-refractivity contribution is 5.83. The van der Waals surface area contributed by atoms with Crippen molar-refractivity contribution in [2.45, 2.75) is 70.3 Å². The second-order valence-corrected chi connectivity index (χ2v) is 5.58. The molecule has 2 aliphatic rings. The summed E-state index contributed by atoms with van der Waals surface area (Å²) in [6, 6.07) is 0. The summed E-state index contributed by atoms with van der Waals surface area (Å²) in [5, 5.41) is 0. The van der Waals surface area contributed by atoms with E-state index in [0.717, 1.165) is 5.84 Å². The van der Waals surface area contributed by atoms with E-state index >= 15 is 0 Å². The highest BCUT2D eigenvalue weighted by Gasteiger charge is 2.28. The lowest BCUT2D eigenvalue weighted by atomic mass is 9.84. The molecule has 0 aromatic rings. The van der Waals surface area contributed by atoms with E-state index in [1.807, 2.05) is 0 Å². The maximum Gasteiger partial charge on any atom is 0.0975 e. The van der Waals surface area contributed by atoms with Crippen molar-refractivity contribution < 1.29 is 0 Å². The first kappa shape index (κ1) is 11.0. The topological polar surface area (TPSA) is 38.4 Å². The number of amidine groups is 1. The third kappa shape index (κ3) is 2.73. The zero-order valence-electron chi connectivity index (χ0n) is 9.97. The van der Waals surface area contributed by atoms with Gasteiger partial charge in [0.25, 0.3) is 0 Å². The zero-order chi connectivity index (χ0) is 10.7. The van der Waals surface area contributed by atoms with E-state index in [-0.39, 0.29) is 5.54 Å². The molecule has 0 unspecified atom stereocenters. The molecule has 2 aliphatic carbocycles. The van der Waals surface area contributed by atoms with Crippen LogP contribution in [0, 0.1) is 5.92 Å². The standard InChI is InChI=1S/C13H24N2/c1-13(9-5-2-6-10-13)15-12(14)11-7-3-4-8-11/h11H,2-10H2,1H3,(H2,14,15). The van der Waals surface area contributed by atoms with E-state index < -0.39 is 0 Å². The van der Waals surface area contributed by atoms with E-state index in [0.29, 0.717) is 5.92 Å². The van der Waals surface area contributed by atoms with Gasteiger partial charge >= 0.3 is 0 Å². The fourth-order valence-corrected chi connectivity index (χ4v) is 3.05. The number of nitrogens with zero attached hydrogens (tertiary/aromatic N) is 1. The molecule has 15 heavy (non-hydrogen) atoms. The predicted molar refractivity (Wildman–Crippen MR) is 65.1 cm³/mol. The molecule has 0 amide bonds. The van der Waals surface area contributed by atoms with Gasteiger partial charge in [0.1, 0.15) is 0 Å². The lowest BCUT2D eigenvalue weighted by molar-refractivity contribution is 0.323. The average molecular weight is 208 g/mol. The largest absolute Gasteiger partial charge is 0.387 e. The van der Waals surface area contributed by atoms with Crippen molar-refractivity contribution in [3.8, 4) is 0 Å². The molecule has 2 saturated carbocycles. The lowest BCUT2D eigenvalue weighted by Crippen LogP contribution is -2.32.